The third-order valence-electron chi connectivity index (χ3n) is 3.31. The highest BCUT2D eigenvalue weighted by molar-refractivity contribution is 9.09. The van der Waals surface area contributed by atoms with E-state index in [9.17, 15) is 4.79 Å². The molecule has 0 aliphatic carbocycles. The van der Waals surface area contributed by atoms with E-state index in [0.29, 0.717) is 5.92 Å². The summed E-state index contributed by atoms with van der Waals surface area (Å²) in [6, 6.07) is 14.0. The molecule has 1 N–H and O–H groups in total. The maximum Gasteiger partial charge on any atom is 0.252 e. The zero-order valence-electron chi connectivity index (χ0n) is 11.9. The number of halogens is 1. The minimum Gasteiger partial charge on any atom is -0.348 e. The molecule has 20 heavy (non-hydrogen) atoms. The van der Waals surface area contributed by atoms with Gasteiger partial charge in [0.25, 0.3) is 5.91 Å². The van der Waals surface area contributed by atoms with Gasteiger partial charge in [-0.05, 0) is 29.2 Å². The largest absolute Gasteiger partial charge is 0.348 e. The standard InChI is InChI=1S/C17H20BrNO/c1-12(2)10-14(11-18)19-17(20)16-9-5-7-13-6-3-4-8-15(13)16/h3-9,12,14H,10-11H2,1-2H3,(H,19,20). The number of alkyl halides is 1. The predicted octanol–water partition coefficient (Wildman–Crippen LogP) is 4.38. The molecule has 2 aromatic rings. The van der Waals surface area contributed by atoms with Crippen LogP contribution < -0.4 is 5.32 Å². The molecule has 1 amide bonds. The van der Waals surface area contributed by atoms with E-state index in [2.05, 4.69) is 35.1 Å². The summed E-state index contributed by atoms with van der Waals surface area (Å²) in [4.78, 5) is 12.5. The summed E-state index contributed by atoms with van der Waals surface area (Å²) in [7, 11) is 0. The number of fused-ring (bicyclic) bond motifs is 1. The minimum atomic E-state index is 0.00639. The number of benzene rings is 2. The number of amides is 1. The SMILES string of the molecule is CC(C)CC(CBr)NC(=O)c1cccc2ccccc12. The molecule has 0 saturated heterocycles. The molecule has 0 radical (unpaired) electrons. The van der Waals surface area contributed by atoms with Crippen LogP contribution >= 0.6 is 15.9 Å². The molecule has 0 spiro atoms. The molecule has 3 heteroatoms. The highest BCUT2D eigenvalue weighted by Gasteiger charge is 2.15. The Morgan fingerprint density at radius 3 is 2.55 bits per heavy atom. The first kappa shape index (κ1) is 15.0. The van der Waals surface area contributed by atoms with Crippen molar-refractivity contribution in [2.75, 3.05) is 5.33 Å². The van der Waals surface area contributed by atoms with Gasteiger partial charge in [0.15, 0.2) is 0 Å². The summed E-state index contributed by atoms with van der Waals surface area (Å²) in [5, 5.41) is 6.00. The fourth-order valence-electron chi connectivity index (χ4n) is 2.42. The average Bonchev–Trinajstić information content (AvgIpc) is 2.45. The van der Waals surface area contributed by atoms with Crippen molar-refractivity contribution in [1.29, 1.82) is 0 Å². The van der Waals surface area contributed by atoms with Crippen molar-refractivity contribution in [3.8, 4) is 0 Å². The molecule has 2 aromatic carbocycles. The van der Waals surface area contributed by atoms with Gasteiger partial charge in [0.1, 0.15) is 0 Å². The molecular weight excluding hydrogens is 314 g/mol. The van der Waals surface area contributed by atoms with Crippen LogP contribution in [0.2, 0.25) is 0 Å². The number of rotatable bonds is 5. The van der Waals surface area contributed by atoms with Gasteiger partial charge in [0.2, 0.25) is 0 Å². The molecule has 1 atom stereocenters. The van der Waals surface area contributed by atoms with Crippen LogP contribution in [-0.4, -0.2) is 17.3 Å². The van der Waals surface area contributed by atoms with E-state index in [4.69, 9.17) is 0 Å². The maximum atomic E-state index is 12.5. The van der Waals surface area contributed by atoms with Gasteiger partial charge in [-0.2, -0.15) is 0 Å². The van der Waals surface area contributed by atoms with Crippen LogP contribution in [0.25, 0.3) is 10.8 Å². The van der Waals surface area contributed by atoms with Crippen molar-refractivity contribution in [3.63, 3.8) is 0 Å². The van der Waals surface area contributed by atoms with E-state index in [-0.39, 0.29) is 11.9 Å². The summed E-state index contributed by atoms with van der Waals surface area (Å²) in [5.41, 5.74) is 0.748. The van der Waals surface area contributed by atoms with Crippen LogP contribution in [0.5, 0.6) is 0 Å². The highest BCUT2D eigenvalue weighted by Crippen LogP contribution is 2.19. The van der Waals surface area contributed by atoms with Crippen LogP contribution in [0.1, 0.15) is 30.6 Å². The molecular formula is C17H20BrNO. The van der Waals surface area contributed by atoms with Crippen LogP contribution in [-0.2, 0) is 0 Å². The maximum absolute atomic E-state index is 12.5. The first-order valence-electron chi connectivity index (χ1n) is 6.96. The van der Waals surface area contributed by atoms with Gasteiger partial charge in [-0.15, -0.1) is 0 Å². The lowest BCUT2D eigenvalue weighted by molar-refractivity contribution is 0.0939. The van der Waals surface area contributed by atoms with E-state index in [1.54, 1.807) is 0 Å². The van der Waals surface area contributed by atoms with Crippen LogP contribution in [0, 0.1) is 5.92 Å². The Morgan fingerprint density at radius 2 is 1.85 bits per heavy atom. The van der Waals surface area contributed by atoms with Crippen molar-refractivity contribution in [1.82, 2.24) is 5.32 Å². The summed E-state index contributed by atoms with van der Waals surface area (Å²) >= 11 is 3.48. The summed E-state index contributed by atoms with van der Waals surface area (Å²) in [5.74, 6) is 0.567. The van der Waals surface area contributed by atoms with Gasteiger partial charge < -0.3 is 5.32 Å². The lowest BCUT2D eigenvalue weighted by Crippen LogP contribution is -2.37. The second-order valence-electron chi connectivity index (χ2n) is 5.48. The molecule has 1 unspecified atom stereocenters. The molecule has 0 aromatic heterocycles. The molecule has 0 aliphatic rings. The van der Waals surface area contributed by atoms with Crippen molar-refractivity contribution in [3.05, 3.63) is 48.0 Å². The van der Waals surface area contributed by atoms with Crippen molar-refractivity contribution in [2.45, 2.75) is 26.3 Å². The van der Waals surface area contributed by atoms with E-state index >= 15 is 0 Å². The lowest BCUT2D eigenvalue weighted by Gasteiger charge is -2.18. The monoisotopic (exact) mass is 333 g/mol. The first-order chi connectivity index (χ1) is 9.61. The smallest absolute Gasteiger partial charge is 0.252 e. The molecule has 0 aliphatic heterocycles. The second kappa shape index (κ2) is 6.89. The van der Waals surface area contributed by atoms with Crippen molar-refractivity contribution < 1.29 is 4.79 Å². The molecule has 106 valence electrons. The van der Waals surface area contributed by atoms with E-state index < -0.39 is 0 Å². The number of carbonyl (C=O) groups is 1. The van der Waals surface area contributed by atoms with Gasteiger partial charge in [-0.3, -0.25) is 4.79 Å². The zero-order valence-corrected chi connectivity index (χ0v) is 13.5. The van der Waals surface area contributed by atoms with Crippen LogP contribution in [0.15, 0.2) is 42.5 Å². The minimum absolute atomic E-state index is 0.00639. The number of hydrogen-bond acceptors (Lipinski definition) is 1. The lowest BCUT2D eigenvalue weighted by atomic mass is 10.0. The molecule has 0 saturated carbocycles. The Morgan fingerprint density at radius 1 is 1.15 bits per heavy atom. The van der Waals surface area contributed by atoms with Gasteiger partial charge in [0.05, 0.1) is 0 Å². The quantitative estimate of drug-likeness (QED) is 0.808. The normalized spacial score (nSPS) is 12.6. The van der Waals surface area contributed by atoms with E-state index in [1.807, 2.05) is 42.5 Å². The number of carbonyl (C=O) groups excluding carboxylic acids is 1. The summed E-state index contributed by atoms with van der Waals surface area (Å²) in [6.45, 7) is 4.33. The summed E-state index contributed by atoms with van der Waals surface area (Å²) in [6.07, 6.45) is 0.974. The third kappa shape index (κ3) is 3.60. The summed E-state index contributed by atoms with van der Waals surface area (Å²) < 4.78 is 0. The Labute approximate surface area is 128 Å². The third-order valence-corrected chi connectivity index (χ3v) is 4.09. The molecule has 0 heterocycles. The predicted molar refractivity (Wildman–Crippen MR) is 88.5 cm³/mol. The Hall–Kier alpha value is -1.35. The fourth-order valence-corrected chi connectivity index (χ4v) is 2.84. The average molecular weight is 334 g/mol. The van der Waals surface area contributed by atoms with Gasteiger partial charge in [-0.1, -0.05) is 66.2 Å². The van der Waals surface area contributed by atoms with Crippen molar-refractivity contribution >= 4 is 32.6 Å². The fraction of sp³-hybridized carbons (Fsp3) is 0.353. The van der Waals surface area contributed by atoms with Gasteiger partial charge in [0, 0.05) is 16.9 Å². The highest BCUT2D eigenvalue weighted by atomic mass is 79.9. The van der Waals surface area contributed by atoms with E-state index in [1.165, 1.54) is 0 Å². The van der Waals surface area contributed by atoms with E-state index in [0.717, 1.165) is 28.1 Å². The Bertz CT molecular complexity index is 589. The molecule has 0 bridgehead atoms. The number of nitrogens with one attached hydrogen (secondary N) is 1. The number of hydrogen-bond donors (Lipinski definition) is 1. The van der Waals surface area contributed by atoms with Crippen molar-refractivity contribution in [2.24, 2.45) is 5.92 Å². The van der Waals surface area contributed by atoms with Crippen LogP contribution in [0.4, 0.5) is 0 Å². The molecule has 2 nitrogen and oxygen atoms in total. The Kier molecular flexibility index (Phi) is 5.18. The van der Waals surface area contributed by atoms with Crippen LogP contribution in [0.3, 0.4) is 0 Å². The molecule has 2 rings (SSSR count). The Balaban J connectivity index is 2.23. The van der Waals surface area contributed by atoms with Gasteiger partial charge >= 0.3 is 0 Å². The van der Waals surface area contributed by atoms with Gasteiger partial charge in [-0.25, -0.2) is 0 Å². The molecule has 0 fully saturated rings. The topological polar surface area (TPSA) is 29.1 Å². The zero-order chi connectivity index (χ0) is 14.5. The first-order valence-corrected chi connectivity index (χ1v) is 8.08. The second-order valence-corrected chi connectivity index (χ2v) is 6.13.